The molecule has 0 N–H and O–H groups in total. The number of carbonyl (C=O) groups is 1. The topological polar surface area (TPSA) is 35.5 Å². The van der Waals surface area contributed by atoms with E-state index in [-0.39, 0.29) is 0 Å². The van der Waals surface area contributed by atoms with Crippen molar-refractivity contribution in [1.29, 1.82) is 0 Å². The van der Waals surface area contributed by atoms with Crippen molar-refractivity contribution < 1.29 is 18.7 Å². The van der Waals surface area contributed by atoms with Crippen molar-refractivity contribution in [3.05, 3.63) is 23.3 Å². The number of hydrogen-bond donors (Lipinski definition) is 0. The molecule has 0 saturated heterocycles. The highest BCUT2D eigenvalue weighted by Crippen LogP contribution is 2.33. The second-order valence-corrected chi connectivity index (χ2v) is 3.33. The van der Waals surface area contributed by atoms with Crippen LogP contribution < -0.4 is 9.47 Å². The Morgan fingerprint density at radius 2 is 2.06 bits per heavy atom. The van der Waals surface area contributed by atoms with Crippen LogP contribution in [-0.4, -0.2) is 20.5 Å². The van der Waals surface area contributed by atoms with Crippen LogP contribution >= 0.6 is 0 Å². The minimum Gasteiger partial charge on any atom is -0.493 e. The van der Waals surface area contributed by atoms with E-state index < -0.39 is 6.67 Å². The van der Waals surface area contributed by atoms with E-state index in [1.54, 1.807) is 12.1 Å². The Labute approximate surface area is 94.2 Å². The lowest BCUT2D eigenvalue weighted by molar-refractivity contribution is -0.107. The van der Waals surface area contributed by atoms with Crippen LogP contribution in [0, 0.1) is 0 Å². The molecule has 0 aliphatic rings. The number of rotatable bonds is 6. The molecule has 0 spiro atoms. The molecular weight excluding hydrogens is 211 g/mol. The van der Waals surface area contributed by atoms with Crippen LogP contribution in [0.5, 0.6) is 11.5 Å². The van der Waals surface area contributed by atoms with Gasteiger partial charge in [0.05, 0.1) is 14.2 Å². The Balaban J connectivity index is 3.14. The molecule has 0 heterocycles. The summed E-state index contributed by atoms with van der Waals surface area (Å²) < 4.78 is 22.9. The van der Waals surface area contributed by atoms with E-state index in [1.165, 1.54) is 14.2 Å². The molecule has 0 aromatic heterocycles. The Morgan fingerprint density at radius 1 is 1.31 bits per heavy atom. The van der Waals surface area contributed by atoms with Crippen molar-refractivity contribution >= 4 is 6.29 Å². The Bertz CT molecular complexity index is 364. The number of alkyl halides is 1. The summed E-state index contributed by atoms with van der Waals surface area (Å²) in [5.74, 6) is 1.07. The minimum atomic E-state index is -0.561. The maximum absolute atomic E-state index is 12.6. The van der Waals surface area contributed by atoms with E-state index in [0.29, 0.717) is 29.9 Å². The van der Waals surface area contributed by atoms with Gasteiger partial charge in [0.2, 0.25) is 0 Å². The maximum atomic E-state index is 12.6. The molecule has 3 nitrogen and oxygen atoms in total. The second-order valence-electron chi connectivity index (χ2n) is 3.33. The summed E-state index contributed by atoms with van der Waals surface area (Å²) in [6, 6.07) is 3.30. The van der Waals surface area contributed by atoms with Crippen molar-refractivity contribution in [2.45, 2.75) is 19.5 Å². The predicted octanol–water partition coefficient (Wildman–Crippen LogP) is 2.30. The third kappa shape index (κ3) is 2.72. The van der Waals surface area contributed by atoms with E-state index in [4.69, 9.17) is 9.47 Å². The molecule has 0 atom stereocenters. The molecule has 0 aliphatic carbocycles. The van der Waals surface area contributed by atoms with Gasteiger partial charge < -0.3 is 14.3 Å². The van der Waals surface area contributed by atoms with Gasteiger partial charge in [-0.25, -0.2) is 4.39 Å². The van der Waals surface area contributed by atoms with Crippen molar-refractivity contribution in [2.24, 2.45) is 0 Å². The average Bonchev–Trinajstić information content (AvgIpc) is 2.34. The molecule has 1 aromatic carbocycles. The summed E-state index contributed by atoms with van der Waals surface area (Å²) in [4.78, 5) is 10.3. The second kappa shape index (κ2) is 6.10. The fourth-order valence-corrected chi connectivity index (χ4v) is 1.58. The zero-order chi connectivity index (χ0) is 12.0. The number of halogens is 1. The van der Waals surface area contributed by atoms with Crippen molar-refractivity contribution in [2.75, 3.05) is 14.2 Å². The fourth-order valence-electron chi connectivity index (χ4n) is 1.58. The molecular formula is C12H15FO3. The first-order chi connectivity index (χ1) is 7.76. The lowest BCUT2D eigenvalue weighted by Gasteiger charge is -2.13. The van der Waals surface area contributed by atoms with Gasteiger partial charge in [-0.1, -0.05) is 0 Å². The van der Waals surface area contributed by atoms with Crippen molar-refractivity contribution in [3.8, 4) is 11.5 Å². The van der Waals surface area contributed by atoms with E-state index in [9.17, 15) is 9.18 Å². The summed E-state index contributed by atoms with van der Waals surface area (Å²) in [6.45, 7) is -0.561. The highest BCUT2D eigenvalue weighted by molar-refractivity contribution is 5.54. The van der Waals surface area contributed by atoms with E-state index in [1.807, 2.05) is 0 Å². The molecule has 88 valence electrons. The minimum absolute atomic E-state index is 0.384. The third-order valence-electron chi connectivity index (χ3n) is 2.30. The van der Waals surface area contributed by atoms with Gasteiger partial charge in [0.1, 0.15) is 13.0 Å². The SMILES string of the molecule is COc1cc(CF)cc(CCC=O)c1OC. The van der Waals surface area contributed by atoms with Gasteiger partial charge in [-0.2, -0.15) is 0 Å². The van der Waals surface area contributed by atoms with E-state index >= 15 is 0 Å². The Kier molecular flexibility index (Phi) is 4.76. The van der Waals surface area contributed by atoms with Gasteiger partial charge in [0, 0.05) is 6.42 Å². The lowest BCUT2D eigenvalue weighted by atomic mass is 10.0. The van der Waals surface area contributed by atoms with Crippen LogP contribution in [0.25, 0.3) is 0 Å². The third-order valence-corrected chi connectivity index (χ3v) is 2.30. The molecule has 0 radical (unpaired) electrons. The highest BCUT2D eigenvalue weighted by Gasteiger charge is 2.11. The van der Waals surface area contributed by atoms with Crippen molar-refractivity contribution in [3.63, 3.8) is 0 Å². The zero-order valence-corrected chi connectivity index (χ0v) is 9.46. The molecule has 0 aliphatic heterocycles. The molecule has 16 heavy (non-hydrogen) atoms. The Morgan fingerprint density at radius 3 is 2.56 bits per heavy atom. The number of ether oxygens (including phenoxy) is 2. The molecule has 0 fully saturated rings. The normalized spacial score (nSPS) is 9.94. The number of methoxy groups -OCH3 is 2. The van der Waals surface area contributed by atoms with Crippen LogP contribution in [0.4, 0.5) is 4.39 Å². The van der Waals surface area contributed by atoms with Crippen LogP contribution in [-0.2, 0) is 17.9 Å². The van der Waals surface area contributed by atoms with Gasteiger partial charge >= 0.3 is 0 Å². The highest BCUT2D eigenvalue weighted by atomic mass is 19.1. The first-order valence-corrected chi connectivity index (χ1v) is 5.00. The Hall–Kier alpha value is -1.58. The first-order valence-electron chi connectivity index (χ1n) is 5.00. The van der Waals surface area contributed by atoms with Gasteiger partial charge in [-0.05, 0) is 29.7 Å². The standard InChI is InChI=1S/C12H15FO3/c1-15-11-7-9(8-13)6-10(4-3-5-14)12(11)16-2/h5-7H,3-4,8H2,1-2H3. The molecule has 1 rings (SSSR count). The van der Waals surface area contributed by atoms with Crippen LogP contribution in [0.3, 0.4) is 0 Å². The number of aldehydes is 1. The van der Waals surface area contributed by atoms with Crippen LogP contribution in [0.2, 0.25) is 0 Å². The summed E-state index contributed by atoms with van der Waals surface area (Å²) in [5.41, 5.74) is 1.32. The maximum Gasteiger partial charge on any atom is 0.163 e. The van der Waals surface area contributed by atoms with Crippen molar-refractivity contribution in [1.82, 2.24) is 0 Å². The van der Waals surface area contributed by atoms with E-state index in [0.717, 1.165) is 11.8 Å². The van der Waals surface area contributed by atoms with Crippen LogP contribution in [0.1, 0.15) is 17.5 Å². The molecule has 1 aromatic rings. The summed E-state index contributed by atoms with van der Waals surface area (Å²) in [6.07, 6.45) is 1.74. The smallest absolute Gasteiger partial charge is 0.163 e. The van der Waals surface area contributed by atoms with Gasteiger partial charge in [-0.3, -0.25) is 0 Å². The largest absolute Gasteiger partial charge is 0.493 e. The summed E-state index contributed by atoms with van der Waals surface area (Å²) in [7, 11) is 3.03. The quantitative estimate of drug-likeness (QED) is 0.698. The number of carbonyl (C=O) groups excluding carboxylic acids is 1. The molecule has 4 heteroatoms. The predicted molar refractivity (Wildman–Crippen MR) is 58.7 cm³/mol. The zero-order valence-electron chi connectivity index (χ0n) is 9.46. The molecule has 0 amide bonds. The fraction of sp³-hybridized carbons (Fsp3) is 0.417. The number of aryl methyl sites for hydroxylation is 1. The summed E-state index contributed by atoms with van der Waals surface area (Å²) >= 11 is 0. The number of hydrogen-bond acceptors (Lipinski definition) is 3. The van der Waals surface area contributed by atoms with Gasteiger partial charge in [0.25, 0.3) is 0 Å². The molecule has 0 saturated carbocycles. The van der Waals surface area contributed by atoms with Gasteiger partial charge in [-0.15, -0.1) is 0 Å². The first kappa shape index (κ1) is 12.5. The van der Waals surface area contributed by atoms with Crippen LogP contribution in [0.15, 0.2) is 12.1 Å². The lowest BCUT2D eigenvalue weighted by Crippen LogP contribution is -1.98. The monoisotopic (exact) mass is 226 g/mol. The molecule has 0 unspecified atom stereocenters. The molecule has 0 bridgehead atoms. The average molecular weight is 226 g/mol. The number of benzene rings is 1. The summed E-state index contributed by atoms with van der Waals surface area (Å²) in [5, 5.41) is 0. The van der Waals surface area contributed by atoms with E-state index in [2.05, 4.69) is 0 Å². The van der Waals surface area contributed by atoms with Gasteiger partial charge in [0.15, 0.2) is 11.5 Å².